The van der Waals surface area contributed by atoms with Crippen molar-refractivity contribution in [1.29, 1.82) is 0 Å². The van der Waals surface area contributed by atoms with Gasteiger partial charge >= 0.3 is 6.18 Å². The van der Waals surface area contributed by atoms with Crippen LogP contribution in [0, 0.1) is 0 Å². The molecule has 1 aliphatic rings. The molecule has 0 aromatic heterocycles. The predicted octanol–water partition coefficient (Wildman–Crippen LogP) is 4.65. The minimum absolute atomic E-state index is 0.0229. The fraction of sp³-hybridized carbons (Fsp3) is 0.250. The van der Waals surface area contributed by atoms with Crippen molar-refractivity contribution in [3.63, 3.8) is 0 Å². The number of nitrogens with one attached hydrogen (secondary N) is 1. The lowest BCUT2D eigenvalue weighted by Crippen LogP contribution is -2.18. The normalized spacial score (nSPS) is 18.2. The smallest absolute Gasteiger partial charge is 0.385 e. The molecule has 0 fully saturated rings. The summed E-state index contributed by atoms with van der Waals surface area (Å²) in [4.78, 5) is 0. The number of rotatable bonds is 1. The molecule has 3 rings (SSSR count). The predicted molar refractivity (Wildman–Crippen MR) is 72.8 cm³/mol. The van der Waals surface area contributed by atoms with Crippen LogP contribution < -0.4 is 5.32 Å². The van der Waals surface area contributed by atoms with Crippen molar-refractivity contribution in [1.82, 2.24) is 0 Å². The van der Waals surface area contributed by atoms with Crippen molar-refractivity contribution in [3.8, 4) is 0 Å². The first-order chi connectivity index (χ1) is 9.55. The van der Waals surface area contributed by atoms with Crippen molar-refractivity contribution in [2.45, 2.75) is 18.5 Å². The maximum atomic E-state index is 12.8. The Balaban J connectivity index is 2.03. The second kappa shape index (κ2) is 4.85. The monoisotopic (exact) mass is 277 g/mol. The Morgan fingerprint density at radius 3 is 2.60 bits per heavy atom. The highest BCUT2D eigenvalue weighted by Gasteiger charge is 2.31. The average Bonchev–Trinajstić information content (AvgIpc) is 2.46. The van der Waals surface area contributed by atoms with Crippen LogP contribution in [0.4, 0.5) is 18.9 Å². The van der Waals surface area contributed by atoms with Crippen LogP contribution in [-0.2, 0) is 6.18 Å². The summed E-state index contributed by atoms with van der Waals surface area (Å²) in [6, 6.07) is 13.5. The van der Waals surface area contributed by atoms with E-state index in [0.29, 0.717) is 0 Å². The van der Waals surface area contributed by atoms with E-state index in [9.17, 15) is 13.2 Å². The fourth-order valence-electron chi connectivity index (χ4n) is 2.75. The van der Waals surface area contributed by atoms with Gasteiger partial charge in [-0.25, -0.2) is 0 Å². The molecule has 0 spiro atoms. The van der Waals surface area contributed by atoms with Crippen LogP contribution in [0.2, 0.25) is 0 Å². The molecule has 2 aromatic carbocycles. The van der Waals surface area contributed by atoms with Gasteiger partial charge in [-0.05, 0) is 29.7 Å². The van der Waals surface area contributed by atoms with E-state index < -0.39 is 11.7 Å². The van der Waals surface area contributed by atoms with Gasteiger partial charge in [0.2, 0.25) is 0 Å². The van der Waals surface area contributed by atoms with Gasteiger partial charge in [0.05, 0.1) is 5.56 Å². The molecule has 0 bridgehead atoms. The van der Waals surface area contributed by atoms with Gasteiger partial charge in [0.1, 0.15) is 0 Å². The topological polar surface area (TPSA) is 12.0 Å². The van der Waals surface area contributed by atoms with Gasteiger partial charge in [-0.2, -0.15) is 13.2 Å². The SMILES string of the molecule is FC(F)(F)c1cccc(C2CCNc3ccccc32)c1. The van der Waals surface area contributed by atoms with Gasteiger partial charge in [-0.3, -0.25) is 0 Å². The lowest BCUT2D eigenvalue weighted by molar-refractivity contribution is -0.137. The van der Waals surface area contributed by atoms with E-state index in [4.69, 9.17) is 0 Å². The zero-order valence-corrected chi connectivity index (χ0v) is 10.7. The largest absolute Gasteiger partial charge is 0.416 e. The molecule has 2 aromatic rings. The van der Waals surface area contributed by atoms with Crippen LogP contribution in [0.5, 0.6) is 0 Å². The highest BCUT2D eigenvalue weighted by Crippen LogP contribution is 2.38. The molecular weight excluding hydrogens is 263 g/mol. The fourth-order valence-corrected chi connectivity index (χ4v) is 2.75. The van der Waals surface area contributed by atoms with Crippen LogP contribution in [0.3, 0.4) is 0 Å². The molecule has 1 N–H and O–H groups in total. The summed E-state index contributed by atoms with van der Waals surface area (Å²) in [5.41, 5.74) is 2.24. The molecule has 4 heteroatoms. The standard InChI is InChI=1S/C16H14F3N/c17-16(18,19)12-5-3-4-11(10-12)13-8-9-20-15-7-2-1-6-14(13)15/h1-7,10,13,20H,8-9H2. The molecule has 0 amide bonds. The minimum Gasteiger partial charge on any atom is -0.385 e. The molecule has 0 saturated heterocycles. The molecule has 0 aliphatic carbocycles. The number of alkyl halides is 3. The van der Waals surface area contributed by atoms with Gasteiger partial charge in [0, 0.05) is 18.2 Å². The van der Waals surface area contributed by atoms with Crippen LogP contribution in [-0.4, -0.2) is 6.54 Å². The van der Waals surface area contributed by atoms with Crippen LogP contribution >= 0.6 is 0 Å². The number of para-hydroxylation sites is 1. The van der Waals surface area contributed by atoms with E-state index in [1.165, 1.54) is 12.1 Å². The Hall–Kier alpha value is -1.97. The highest BCUT2D eigenvalue weighted by atomic mass is 19.4. The molecule has 1 unspecified atom stereocenters. The van der Waals surface area contributed by atoms with E-state index in [2.05, 4.69) is 5.32 Å². The Morgan fingerprint density at radius 1 is 1.00 bits per heavy atom. The van der Waals surface area contributed by atoms with E-state index in [1.54, 1.807) is 6.07 Å². The summed E-state index contributed by atoms with van der Waals surface area (Å²) < 4.78 is 38.5. The third-order valence-corrected chi connectivity index (χ3v) is 3.70. The van der Waals surface area contributed by atoms with Crippen molar-refractivity contribution in [3.05, 3.63) is 65.2 Å². The summed E-state index contributed by atoms with van der Waals surface area (Å²) in [6.45, 7) is 0.776. The number of anilines is 1. The summed E-state index contributed by atoms with van der Waals surface area (Å²) in [7, 11) is 0. The van der Waals surface area contributed by atoms with Crippen molar-refractivity contribution in [2.24, 2.45) is 0 Å². The number of halogens is 3. The summed E-state index contributed by atoms with van der Waals surface area (Å²) in [6.07, 6.45) is -3.49. The lowest BCUT2D eigenvalue weighted by atomic mass is 9.84. The van der Waals surface area contributed by atoms with Crippen LogP contribution in [0.1, 0.15) is 29.0 Å². The molecule has 104 valence electrons. The van der Waals surface area contributed by atoms with Crippen LogP contribution in [0.15, 0.2) is 48.5 Å². The summed E-state index contributed by atoms with van der Waals surface area (Å²) in [5, 5.41) is 3.28. The number of fused-ring (bicyclic) bond motifs is 1. The van der Waals surface area contributed by atoms with Crippen molar-refractivity contribution >= 4 is 5.69 Å². The van der Waals surface area contributed by atoms with Crippen molar-refractivity contribution in [2.75, 3.05) is 11.9 Å². The molecule has 20 heavy (non-hydrogen) atoms. The second-order valence-electron chi connectivity index (χ2n) is 4.98. The Labute approximate surface area is 115 Å². The lowest BCUT2D eigenvalue weighted by Gasteiger charge is -2.27. The molecule has 1 atom stereocenters. The summed E-state index contributed by atoms with van der Waals surface area (Å²) in [5.74, 6) is 0.0229. The third-order valence-electron chi connectivity index (χ3n) is 3.70. The highest BCUT2D eigenvalue weighted by molar-refractivity contribution is 5.57. The van der Waals surface area contributed by atoms with E-state index in [1.807, 2.05) is 24.3 Å². The third kappa shape index (κ3) is 2.38. The molecule has 1 heterocycles. The van der Waals surface area contributed by atoms with Gasteiger partial charge in [0.25, 0.3) is 0 Å². The maximum absolute atomic E-state index is 12.8. The molecule has 0 radical (unpaired) electrons. The van der Waals surface area contributed by atoms with Crippen LogP contribution in [0.25, 0.3) is 0 Å². The molecular formula is C16H14F3N. The van der Waals surface area contributed by atoms with E-state index in [0.717, 1.165) is 35.8 Å². The molecule has 0 saturated carbocycles. The second-order valence-corrected chi connectivity index (χ2v) is 4.98. The van der Waals surface area contributed by atoms with E-state index >= 15 is 0 Å². The first-order valence-corrected chi connectivity index (χ1v) is 6.55. The van der Waals surface area contributed by atoms with Gasteiger partial charge in [-0.15, -0.1) is 0 Å². The first-order valence-electron chi connectivity index (χ1n) is 6.55. The number of benzene rings is 2. The maximum Gasteiger partial charge on any atom is 0.416 e. The quantitative estimate of drug-likeness (QED) is 0.799. The Kier molecular flexibility index (Phi) is 3.16. The average molecular weight is 277 g/mol. The number of hydrogen-bond donors (Lipinski definition) is 1. The molecule has 1 nitrogen and oxygen atoms in total. The van der Waals surface area contributed by atoms with Gasteiger partial charge in [0.15, 0.2) is 0 Å². The first kappa shape index (κ1) is 13.0. The zero-order valence-electron chi connectivity index (χ0n) is 10.7. The minimum atomic E-state index is -4.29. The Bertz CT molecular complexity index is 619. The van der Waals surface area contributed by atoms with Gasteiger partial charge < -0.3 is 5.32 Å². The van der Waals surface area contributed by atoms with E-state index in [-0.39, 0.29) is 5.92 Å². The summed E-state index contributed by atoms with van der Waals surface area (Å²) >= 11 is 0. The van der Waals surface area contributed by atoms with Gasteiger partial charge in [-0.1, -0.05) is 36.4 Å². The number of hydrogen-bond acceptors (Lipinski definition) is 1. The molecule has 1 aliphatic heterocycles. The zero-order chi connectivity index (χ0) is 14.2. The van der Waals surface area contributed by atoms with Crippen molar-refractivity contribution < 1.29 is 13.2 Å². The Morgan fingerprint density at radius 2 is 1.80 bits per heavy atom.